The highest BCUT2D eigenvalue weighted by atomic mass is 31.2. The molecule has 0 fully saturated rings. The van der Waals surface area contributed by atoms with Crippen molar-refractivity contribution in [2.24, 2.45) is 5.16 Å². The summed E-state index contributed by atoms with van der Waals surface area (Å²) in [5, 5.41) is 2.80. The number of halogens is 3. The molecule has 0 aliphatic carbocycles. The average molecular weight is 277 g/mol. The third kappa shape index (κ3) is 6.05. The summed E-state index contributed by atoms with van der Waals surface area (Å²) in [7, 11) is -2.86. The predicted octanol–water partition coefficient (Wildman–Crippen LogP) is 2.82. The molecule has 0 N–H and O–H groups in total. The van der Waals surface area contributed by atoms with Crippen molar-refractivity contribution >= 4 is 13.3 Å². The largest absolute Gasteiger partial charge is 0.433 e. The normalized spacial score (nSPS) is 13.9. The highest BCUT2D eigenvalue weighted by molar-refractivity contribution is 7.54. The van der Waals surface area contributed by atoms with Crippen molar-refractivity contribution in [1.82, 2.24) is 0 Å². The molecule has 0 atom stereocenters. The zero-order chi connectivity index (χ0) is 13.5. The second kappa shape index (κ2) is 6.98. The Morgan fingerprint density at radius 3 is 2.00 bits per heavy atom. The fraction of sp³-hybridized carbons (Fsp3) is 0.875. The van der Waals surface area contributed by atoms with Gasteiger partial charge >= 0.3 is 13.8 Å². The number of nitrogens with zero attached hydrogens (tertiary/aromatic N) is 1. The van der Waals surface area contributed by atoms with Gasteiger partial charge in [0.25, 0.3) is 0 Å². The SMILES string of the molecule is CCOP(=O)(C/C(=N/OC)C(F)(F)F)OCC. The summed E-state index contributed by atoms with van der Waals surface area (Å²) in [6.07, 6.45) is -5.70. The minimum absolute atomic E-state index is 0.0185. The molecular weight excluding hydrogens is 262 g/mol. The second-order valence-electron chi connectivity index (χ2n) is 2.82. The molecule has 102 valence electrons. The molecule has 0 saturated carbocycles. The van der Waals surface area contributed by atoms with Gasteiger partial charge in [-0.3, -0.25) is 4.57 Å². The molecule has 0 aliphatic heterocycles. The van der Waals surface area contributed by atoms with Crippen molar-refractivity contribution in [1.29, 1.82) is 0 Å². The molecule has 0 amide bonds. The van der Waals surface area contributed by atoms with Crippen LogP contribution in [0.1, 0.15) is 13.8 Å². The minimum Gasteiger partial charge on any atom is -0.399 e. The summed E-state index contributed by atoms with van der Waals surface area (Å²) in [5.41, 5.74) is -1.33. The van der Waals surface area contributed by atoms with Gasteiger partial charge in [0.05, 0.1) is 13.2 Å². The van der Waals surface area contributed by atoms with Crippen molar-refractivity contribution in [3.63, 3.8) is 0 Å². The number of rotatable bonds is 7. The molecule has 0 heterocycles. The van der Waals surface area contributed by atoms with E-state index in [1.54, 1.807) is 0 Å². The fourth-order valence-corrected chi connectivity index (χ4v) is 2.63. The van der Waals surface area contributed by atoms with E-state index >= 15 is 0 Å². The second-order valence-corrected chi connectivity index (χ2v) is 4.88. The van der Waals surface area contributed by atoms with E-state index in [4.69, 9.17) is 9.05 Å². The maximum Gasteiger partial charge on any atom is 0.433 e. The summed E-state index contributed by atoms with van der Waals surface area (Å²) in [6, 6.07) is 0. The van der Waals surface area contributed by atoms with Gasteiger partial charge in [0.15, 0.2) is 5.71 Å². The lowest BCUT2D eigenvalue weighted by atomic mass is 10.4. The number of oxime groups is 1. The molecule has 0 rings (SSSR count). The molecule has 0 aromatic heterocycles. The molecule has 0 saturated heterocycles. The van der Waals surface area contributed by atoms with Gasteiger partial charge in [0, 0.05) is 0 Å². The van der Waals surface area contributed by atoms with Crippen molar-refractivity contribution in [2.75, 3.05) is 26.5 Å². The molecule has 0 unspecified atom stereocenters. The van der Waals surface area contributed by atoms with Gasteiger partial charge < -0.3 is 13.9 Å². The van der Waals surface area contributed by atoms with Gasteiger partial charge in [0.1, 0.15) is 13.3 Å². The topological polar surface area (TPSA) is 57.1 Å². The molecule has 5 nitrogen and oxygen atoms in total. The summed E-state index contributed by atoms with van der Waals surface area (Å²) < 4.78 is 58.8. The molecule has 0 spiro atoms. The van der Waals surface area contributed by atoms with Crippen molar-refractivity contribution < 1.29 is 31.6 Å². The third-order valence-electron chi connectivity index (χ3n) is 1.52. The first-order valence-corrected chi connectivity index (χ1v) is 6.57. The molecule has 0 radical (unpaired) electrons. The lowest BCUT2D eigenvalue weighted by Crippen LogP contribution is -2.27. The number of hydrogen-bond acceptors (Lipinski definition) is 5. The van der Waals surface area contributed by atoms with Crippen LogP contribution in [0.15, 0.2) is 5.16 Å². The smallest absolute Gasteiger partial charge is 0.399 e. The van der Waals surface area contributed by atoms with Crippen molar-refractivity contribution in [3.8, 4) is 0 Å². The maximum absolute atomic E-state index is 12.5. The van der Waals surface area contributed by atoms with E-state index < -0.39 is 25.6 Å². The van der Waals surface area contributed by atoms with E-state index in [0.717, 1.165) is 7.11 Å². The number of hydrogen-bond donors (Lipinski definition) is 0. The molecule has 17 heavy (non-hydrogen) atoms. The Kier molecular flexibility index (Phi) is 6.74. The van der Waals surface area contributed by atoms with E-state index in [0.29, 0.717) is 0 Å². The average Bonchev–Trinajstić information content (AvgIpc) is 2.16. The Morgan fingerprint density at radius 1 is 1.24 bits per heavy atom. The van der Waals surface area contributed by atoms with Crippen LogP contribution in [0, 0.1) is 0 Å². The standard InChI is InChI=1S/C8H15F3NO4P/c1-4-15-17(13,16-5-2)6-7(12-14-3)8(9,10)11/h4-6H2,1-3H3/b12-7-. The Morgan fingerprint density at radius 2 is 1.71 bits per heavy atom. The van der Waals surface area contributed by atoms with E-state index in [1.807, 2.05) is 0 Å². The van der Waals surface area contributed by atoms with Crippen LogP contribution in [0.2, 0.25) is 0 Å². The third-order valence-corrected chi connectivity index (χ3v) is 3.51. The van der Waals surface area contributed by atoms with Gasteiger partial charge in [0.2, 0.25) is 0 Å². The van der Waals surface area contributed by atoms with Gasteiger partial charge in [-0.2, -0.15) is 13.2 Å². The number of alkyl halides is 3. The van der Waals surface area contributed by atoms with Crippen LogP contribution >= 0.6 is 7.60 Å². The lowest BCUT2D eigenvalue weighted by molar-refractivity contribution is -0.0621. The molecule has 0 aromatic carbocycles. The molecule has 0 aromatic rings. The van der Waals surface area contributed by atoms with Gasteiger partial charge in [-0.15, -0.1) is 0 Å². The zero-order valence-corrected chi connectivity index (χ0v) is 10.7. The van der Waals surface area contributed by atoms with Gasteiger partial charge in [-0.05, 0) is 13.8 Å². The van der Waals surface area contributed by atoms with Crippen molar-refractivity contribution in [3.05, 3.63) is 0 Å². The van der Waals surface area contributed by atoms with Crippen LogP contribution in [-0.4, -0.2) is 38.4 Å². The molecule has 0 bridgehead atoms. The van der Waals surface area contributed by atoms with E-state index in [-0.39, 0.29) is 13.2 Å². The predicted molar refractivity (Wildman–Crippen MR) is 56.2 cm³/mol. The Hall–Kier alpha value is -0.590. The highest BCUT2D eigenvalue weighted by Gasteiger charge is 2.42. The van der Waals surface area contributed by atoms with Crippen LogP contribution < -0.4 is 0 Å². The van der Waals surface area contributed by atoms with E-state index in [9.17, 15) is 17.7 Å². The molecular formula is C8H15F3NO4P. The van der Waals surface area contributed by atoms with Gasteiger partial charge in [-0.25, -0.2) is 0 Å². The maximum atomic E-state index is 12.5. The Balaban J connectivity index is 4.94. The zero-order valence-electron chi connectivity index (χ0n) is 9.78. The quantitative estimate of drug-likeness (QED) is 0.408. The first-order chi connectivity index (χ1) is 7.79. The molecule has 9 heteroatoms. The fourth-order valence-electron chi connectivity index (χ4n) is 0.986. The summed E-state index contributed by atoms with van der Waals surface area (Å²) in [4.78, 5) is 4.07. The van der Waals surface area contributed by atoms with E-state index in [1.165, 1.54) is 13.8 Å². The summed E-state index contributed by atoms with van der Waals surface area (Å²) >= 11 is 0. The van der Waals surface area contributed by atoms with Crippen LogP contribution in [0.25, 0.3) is 0 Å². The molecule has 0 aliphatic rings. The first-order valence-electron chi connectivity index (χ1n) is 4.84. The monoisotopic (exact) mass is 277 g/mol. The Labute approximate surface area is 97.4 Å². The summed E-state index contributed by atoms with van der Waals surface area (Å²) in [5.74, 6) is 0. The van der Waals surface area contributed by atoms with Crippen molar-refractivity contribution in [2.45, 2.75) is 20.0 Å². The highest BCUT2D eigenvalue weighted by Crippen LogP contribution is 2.49. The van der Waals surface area contributed by atoms with Crippen LogP contribution in [0.3, 0.4) is 0 Å². The minimum atomic E-state index is -4.74. The Bertz CT molecular complexity index is 296. The van der Waals surface area contributed by atoms with Crippen LogP contribution in [-0.2, 0) is 18.5 Å². The van der Waals surface area contributed by atoms with Crippen LogP contribution in [0.4, 0.5) is 13.2 Å². The van der Waals surface area contributed by atoms with Crippen LogP contribution in [0.5, 0.6) is 0 Å². The van der Waals surface area contributed by atoms with E-state index in [2.05, 4.69) is 9.99 Å². The summed E-state index contributed by atoms with van der Waals surface area (Å²) in [6.45, 7) is 2.98. The first kappa shape index (κ1) is 16.4. The lowest BCUT2D eigenvalue weighted by Gasteiger charge is -2.18. The van der Waals surface area contributed by atoms with Gasteiger partial charge in [-0.1, -0.05) is 5.16 Å².